The molecule has 2 rings (SSSR count). The molecule has 0 aromatic heterocycles. The predicted octanol–water partition coefficient (Wildman–Crippen LogP) is 3.21. The first-order valence-electron chi connectivity index (χ1n) is 6.68. The minimum Gasteiger partial charge on any atom is -0.369 e. The number of piperidine rings is 1. The quantitative estimate of drug-likeness (QED) is 0.627. The van der Waals surface area contributed by atoms with Crippen LogP contribution in [0, 0.1) is 0 Å². The minimum absolute atomic E-state index is 0.115. The van der Waals surface area contributed by atoms with Crippen molar-refractivity contribution in [3.63, 3.8) is 0 Å². The van der Waals surface area contributed by atoms with Crippen molar-refractivity contribution >= 4 is 0 Å². The normalized spacial score (nSPS) is 29.8. The fourth-order valence-electron chi connectivity index (χ4n) is 3.15. The van der Waals surface area contributed by atoms with Crippen molar-refractivity contribution in [2.45, 2.75) is 77.0 Å². The van der Waals surface area contributed by atoms with Crippen LogP contribution in [-0.4, -0.2) is 34.7 Å². The van der Waals surface area contributed by atoms with Gasteiger partial charge in [0.1, 0.15) is 0 Å². The maximum atomic E-state index is 6.31. The summed E-state index contributed by atoms with van der Waals surface area (Å²) in [7, 11) is 0. The molecule has 2 nitrogen and oxygen atoms in total. The van der Waals surface area contributed by atoms with Gasteiger partial charge in [-0.1, -0.05) is 0 Å². The smallest absolute Gasteiger partial charge is 0.0715 e. The number of ether oxygens (including phenoxy) is 1. The van der Waals surface area contributed by atoms with Gasteiger partial charge in [0, 0.05) is 18.6 Å². The van der Waals surface area contributed by atoms with E-state index in [2.05, 4.69) is 39.5 Å². The monoisotopic (exact) mass is 225 g/mol. The van der Waals surface area contributed by atoms with Gasteiger partial charge in [-0.25, -0.2) is 0 Å². The van der Waals surface area contributed by atoms with E-state index in [1.54, 1.807) is 0 Å². The highest BCUT2D eigenvalue weighted by atomic mass is 16.5. The van der Waals surface area contributed by atoms with E-state index in [-0.39, 0.29) is 11.2 Å². The SMILES string of the molecule is CC1(C)CCC2(CCN(C(C)(C)C)CC2)O1. The second-order valence-electron chi connectivity index (χ2n) is 7.20. The van der Waals surface area contributed by atoms with Crippen molar-refractivity contribution in [2.24, 2.45) is 0 Å². The topological polar surface area (TPSA) is 12.5 Å². The average Bonchev–Trinajstić information content (AvgIpc) is 2.41. The van der Waals surface area contributed by atoms with E-state index in [4.69, 9.17) is 4.74 Å². The predicted molar refractivity (Wildman–Crippen MR) is 67.7 cm³/mol. The highest BCUT2D eigenvalue weighted by Crippen LogP contribution is 2.44. The zero-order valence-corrected chi connectivity index (χ0v) is 11.6. The summed E-state index contributed by atoms with van der Waals surface area (Å²) in [6, 6.07) is 0. The highest BCUT2D eigenvalue weighted by molar-refractivity contribution is 4.98. The molecule has 0 unspecified atom stereocenters. The van der Waals surface area contributed by atoms with Crippen LogP contribution in [-0.2, 0) is 4.74 Å². The number of likely N-dealkylation sites (tertiary alicyclic amines) is 1. The molecule has 0 saturated carbocycles. The fourth-order valence-corrected chi connectivity index (χ4v) is 3.15. The van der Waals surface area contributed by atoms with Crippen molar-refractivity contribution in [1.82, 2.24) is 4.90 Å². The molecule has 2 aliphatic rings. The van der Waals surface area contributed by atoms with Gasteiger partial charge in [0.2, 0.25) is 0 Å². The van der Waals surface area contributed by atoms with E-state index in [0.29, 0.717) is 5.54 Å². The fraction of sp³-hybridized carbons (Fsp3) is 1.00. The summed E-state index contributed by atoms with van der Waals surface area (Å²) in [5, 5.41) is 0. The molecule has 2 heterocycles. The van der Waals surface area contributed by atoms with Crippen LogP contribution in [0.3, 0.4) is 0 Å². The zero-order chi connectivity index (χ0) is 12.0. The van der Waals surface area contributed by atoms with Gasteiger partial charge in [-0.3, -0.25) is 4.90 Å². The Morgan fingerprint density at radius 3 is 1.88 bits per heavy atom. The van der Waals surface area contributed by atoms with Crippen molar-refractivity contribution in [2.75, 3.05) is 13.1 Å². The minimum atomic E-state index is 0.115. The van der Waals surface area contributed by atoms with Crippen molar-refractivity contribution in [1.29, 1.82) is 0 Å². The van der Waals surface area contributed by atoms with Gasteiger partial charge in [-0.05, 0) is 60.3 Å². The van der Waals surface area contributed by atoms with E-state index < -0.39 is 0 Å². The molecule has 0 aromatic rings. The van der Waals surface area contributed by atoms with Crippen molar-refractivity contribution in [3.8, 4) is 0 Å². The van der Waals surface area contributed by atoms with Gasteiger partial charge < -0.3 is 4.74 Å². The Morgan fingerprint density at radius 2 is 1.50 bits per heavy atom. The van der Waals surface area contributed by atoms with Crippen LogP contribution in [0.15, 0.2) is 0 Å². The Labute approximate surface area is 100 Å². The largest absolute Gasteiger partial charge is 0.369 e. The standard InChI is InChI=1S/C14H27NO/c1-12(2,3)15-10-8-14(9-11-15)7-6-13(4,5)16-14/h6-11H2,1-5H3. The summed E-state index contributed by atoms with van der Waals surface area (Å²) in [5.41, 5.74) is 0.644. The molecular weight excluding hydrogens is 198 g/mol. The Kier molecular flexibility index (Phi) is 2.87. The number of hydrogen-bond acceptors (Lipinski definition) is 2. The lowest BCUT2D eigenvalue weighted by Crippen LogP contribution is -2.51. The van der Waals surface area contributed by atoms with Crippen LogP contribution >= 0.6 is 0 Å². The number of rotatable bonds is 0. The van der Waals surface area contributed by atoms with E-state index >= 15 is 0 Å². The van der Waals surface area contributed by atoms with Gasteiger partial charge in [0.15, 0.2) is 0 Å². The lowest BCUT2D eigenvalue weighted by atomic mass is 9.86. The van der Waals surface area contributed by atoms with Crippen LogP contribution in [0.1, 0.15) is 60.3 Å². The molecular formula is C14H27NO. The summed E-state index contributed by atoms with van der Waals surface area (Å²) in [6.45, 7) is 13.8. The van der Waals surface area contributed by atoms with Crippen molar-refractivity contribution in [3.05, 3.63) is 0 Å². The summed E-state index contributed by atoms with van der Waals surface area (Å²) in [5.74, 6) is 0. The Balaban J connectivity index is 1.96. The highest BCUT2D eigenvalue weighted by Gasteiger charge is 2.46. The summed E-state index contributed by atoms with van der Waals surface area (Å²) in [4.78, 5) is 2.59. The van der Waals surface area contributed by atoms with Gasteiger partial charge in [-0.15, -0.1) is 0 Å². The molecule has 0 N–H and O–H groups in total. The van der Waals surface area contributed by atoms with Gasteiger partial charge in [-0.2, -0.15) is 0 Å². The first kappa shape index (κ1) is 12.4. The molecule has 2 heteroatoms. The molecule has 94 valence electrons. The summed E-state index contributed by atoms with van der Waals surface area (Å²) in [6.07, 6.45) is 4.92. The number of hydrogen-bond donors (Lipinski definition) is 0. The average molecular weight is 225 g/mol. The summed E-state index contributed by atoms with van der Waals surface area (Å²) >= 11 is 0. The second kappa shape index (κ2) is 3.71. The maximum absolute atomic E-state index is 6.31. The molecule has 0 atom stereocenters. The van der Waals surface area contributed by atoms with Crippen LogP contribution in [0.2, 0.25) is 0 Å². The second-order valence-corrected chi connectivity index (χ2v) is 7.20. The number of nitrogens with zero attached hydrogens (tertiary/aromatic N) is 1. The first-order valence-corrected chi connectivity index (χ1v) is 6.68. The molecule has 2 aliphatic heterocycles. The summed E-state index contributed by atoms with van der Waals surface area (Å²) < 4.78 is 6.31. The Bertz CT molecular complexity index is 256. The van der Waals surface area contributed by atoms with Gasteiger partial charge >= 0.3 is 0 Å². The molecule has 0 radical (unpaired) electrons. The molecule has 0 amide bonds. The molecule has 0 aliphatic carbocycles. The molecule has 0 bridgehead atoms. The van der Waals surface area contributed by atoms with E-state index in [1.165, 1.54) is 38.8 Å². The Morgan fingerprint density at radius 1 is 0.938 bits per heavy atom. The van der Waals surface area contributed by atoms with Crippen LogP contribution in [0.4, 0.5) is 0 Å². The molecule has 1 spiro atoms. The van der Waals surface area contributed by atoms with E-state index in [0.717, 1.165) is 0 Å². The first-order chi connectivity index (χ1) is 7.23. The molecule has 2 fully saturated rings. The molecule has 0 aromatic carbocycles. The zero-order valence-electron chi connectivity index (χ0n) is 11.6. The third kappa shape index (κ3) is 2.43. The van der Waals surface area contributed by atoms with Crippen molar-refractivity contribution < 1.29 is 4.74 Å². The molecule has 2 saturated heterocycles. The molecule has 16 heavy (non-hydrogen) atoms. The lowest BCUT2D eigenvalue weighted by Gasteiger charge is -2.45. The van der Waals surface area contributed by atoms with E-state index in [9.17, 15) is 0 Å². The third-order valence-corrected chi connectivity index (χ3v) is 4.30. The maximum Gasteiger partial charge on any atom is 0.0715 e. The lowest BCUT2D eigenvalue weighted by molar-refractivity contribution is -0.119. The Hall–Kier alpha value is -0.0800. The van der Waals surface area contributed by atoms with Gasteiger partial charge in [0.25, 0.3) is 0 Å². The van der Waals surface area contributed by atoms with Crippen LogP contribution in [0.25, 0.3) is 0 Å². The van der Waals surface area contributed by atoms with Crippen LogP contribution < -0.4 is 0 Å². The van der Waals surface area contributed by atoms with E-state index in [1.807, 2.05) is 0 Å². The van der Waals surface area contributed by atoms with Crippen LogP contribution in [0.5, 0.6) is 0 Å². The van der Waals surface area contributed by atoms with Gasteiger partial charge in [0.05, 0.1) is 11.2 Å². The third-order valence-electron chi connectivity index (χ3n) is 4.30.